The zero-order chi connectivity index (χ0) is 9.97. The third-order valence-corrected chi connectivity index (χ3v) is 2.45. The van der Waals surface area contributed by atoms with Gasteiger partial charge in [-0.1, -0.05) is 0 Å². The van der Waals surface area contributed by atoms with Crippen molar-refractivity contribution in [3.63, 3.8) is 0 Å². The first-order valence-corrected chi connectivity index (χ1v) is 4.70. The number of aromatic nitrogens is 1. The summed E-state index contributed by atoms with van der Waals surface area (Å²) in [6, 6.07) is 3.39. The van der Waals surface area contributed by atoms with E-state index in [2.05, 4.69) is 10.3 Å². The van der Waals surface area contributed by atoms with Crippen molar-refractivity contribution in [1.82, 2.24) is 10.3 Å². The molecule has 0 radical (unpaired) electrons. The first-order chi connectivity index (χ1) is 6.77. The predicted molar refractivity (Wildman–Crippen MR) is 51.2 cm³/mol. The molecule has 4 nitrogen and oxygen atoms in total. The highest BCUT2D eigenvalue weighted by Gasteiger charge is 2.18. The Morgan fingerprint density at radius 1 is 1.64 bits per heavy atom. The highest BCUT2D eigenvalue weighted by Crippen LogP contribution is 2.21. The van der Waals surface area contributed by atoms with E-state index in [1.807, 2.05) is 0 Å². The van der Waals surface area contributed by atoms with Gasteiger partial charge in [0.1, 0.15) is 0 Å². The van der Waals surface area contributed by atoms with Crippen LogP contribution in [0, 0.1) is 0 Å². The quantitative estimate of drug-likeness (QED) is 0.739. The molecule has 1 aliphatic heterocycles. The fraction of sp³-hybridized carbons (Fsp3) is 0.400. The van der Waals surface area contributed by atoms with E-state index in [-0.39, 0.29) is 6.04 Å². The number of nitrogens with zero attached hydrogens (tertiary/aromatic N) is 1. The van der Waals surface area contributed by atoms with Gasteiger partial charge in [-0.15, -0.1) is 0 Å². The fourth-order valence-electron chi connectivity index (χ4n) is 1.71. The largest absolute Gasteiger partial charge is 0.478 e. The molecule has 0 aliphatic carbocycles. The van der Waals surface area contributed by atoms with Gasteiger partial charge in [0.05, 0.1) is 11.3 Å². The molecule has 0 bridgehead atoms. The van der Waals surface area contributed by atoms with Crippen LogP contribution in [0.2, 0.25) is 0 Å². The maximum Gasteiger partial charge on any atom is 0.335 e. The van der Waals surface area contributed by atoms with Gasteiger partial charge in [-0.25, -0.2) is 4.79 Å². The molecule has 1 aliphatic rings. The normalized spacial score (nSPS) is 21.0. The van der Waals surface area contributed by atoms with Crippen LogP contribution in [-0.2, 0) is 0 Å². The number of carboxylic acid groups (broad SMARTS) is 1. The molecule has 0 amide bonds. The summed E-state index contributed by atoms with van der Waals surface area (Å²) in [6.45, 7) is 0.990. The molecule has 1 aromatic rings. The van der Waals surface area contributed by atoms with E-state index >= 15 is 0 Å². The molecule has 1 aromatic heterocycles. The van der Waals surface area contributed by atoms with Gasteiger partial charge < -0.3 is 10.4 Å². The molecule has 1 atom stereocenters. The molecule has 0 saturated carbocycles. The van der Waals surface area contributed by atoms with Crippen molar-refractivity contribution < 1.29 is 9.90 Å². The molecule has 14 heavy (non-hydrogen) atoms. The van der Waals surface area contributed by atoms with E-state index in [0.29, 0.717) is 5.56 Å². The van der Waals surface area contributed by atoms with E-state index in [0.717, 1.165) is 25.1 Å². The Balaban J connectivity index is 2.25. The summed E-state index contributed by atoms with van der Waals surface area (Å²) in [4.78, 5) is 14.9. The fourth-order valence-corrected chi connectivity index (χ4v) is 1.71. The third-order valence-electron chi connectivity index (χ3n) is 2.45. The average molecular weight is 192 g/mol. The van der Waals surface area contributed by atoms with E-state index in [1.165, 1.54) is 6.07 Å². The van der Waals surface area contributed by atoms with Gasteiger partial charge in [-0.2, -0.15) is 0 Å². The summed E-state index contributed by atoms with van der Waals surface area (Å²) >= 11 is 0. The number of hydrogen-bond acceptors (Lipinski definition) is 3. The molecule has 0 spiro atoms. The van der Waals surface area contributed by atoms with E-state index < -0.39 is 5.97 Å². The van der Waals surface area contributed by atoms with Crippen molar-refractivity contribution >= 4 is 5.97 Å². The summed E-state index contributed by atoms with van der Waals surface area (Å²) in [7, 11) is 0. The monoisotopic (exact) mass is 192 g/mol. The zero-order valence-electron chi connectivity index (χ0n) is 7.73. The Labute approximate surface area is 82.0 Å². The molecule has 2 N–H and O–H groups in total. The summed E-state index contributed by atoms with van der Waals surface area (Å²) in [5.41, 5.74) is 1.14. The van der Waals surface area contributed by atoms with Crippen LogP contribution in [0.15, 0.2) is 18.3 Å². The van der Waals surface area contributed by atoms with Gasteiger partial charge in [-0.3, -0.25) is 4.98 Å². The van der Waals surface area contributed by atoms with Crippen molar-refractivity contribution in [2.75, 3.05) is 6.54 Å². The highest BCUT2D eigenvalue weighted by atomic mass is 16.4. The second kappa shape index (κ2) is 3.75. The second-order valence-corrected chi connectivity index (χ2v) is 3.42. The van der Waals surface area contributed by atoms with Crippen LogP contribution in [0.1, 0.15) is 34.9 Å². The minimum atomic E-state index is -0.897. The number of pyridine rings is 1. The smallest absolute Gasteiger partial charge is 0.335 e. The van der Waals surface area contributed by atoms with Crippen molar-refractivity contribution in [1.29, 1.82) is 0 Å². The Morgan fingerprint density at radius 3 is 3.14 bits per heavy atom. The highest BCUT2D eigenvalue weighted by molar-refractivity contribution is 5.87. The number of carboxylic acids is 1. The molecular formula is C10H12N2O2. The molecule has 1 fully saturated rings. The molecule has 2 rings (SSSR count). The van der Waals surface area contributed by atoms with E-state index in [4.69, 9.17) is 5.11 Å². The maximum atomic E-state index is 10.7. The minimum absolute atomic E-state index is 0.231. The number of nitrogens with one attached hydrogen (secondary N) is 1. The Kier molecular flexibility index (Phi) is 2.45. The summed E-state index contributed by atoms with van der Waals surface area (Å²) in [6.07, 6.45) is 3.72. The SMILES string of the molecule is O=C(O)c1ccnc([C@H]2CCCN2)c1. The van der Waals surface area contributed by atoms with E-state index in [9.17, 15) is 4.79 Å². The van der Waals surface area contributed by atoms with Gasteiger partial charge >= 0.3 is 5.97 Å². The standard InChI is InChI=1S/C10H12N2O2/c13-10(14)7-3-5-12-9(6-7)8-2-1-4-11-8/h3,5-6,8,11H,1-2,4H2,(H,13,14)/t8-/m1/s1. The van der Waals surface area contributed by atoms with Crippen LogP contribution in [0.3, 0.4) is 0 Å². The van der Waals surface area contributed by atoms with Gasteiger partial charge in [-0.05, 0) is 31.5 Å². The van der Waals surface area contributed by atoms with Gasteiger partial charge in [0.15, 0.2) is 0 Å². The van der Waals surface area contributed by atoms with Crippen molar-refractivity contribution in [3.8, 4) is 0 Å². The van der Waals surface area contributed by atoms with Gasteiger partial charge in [0, 0.05) is 12.2 Å². The number of rotatable bonds is 2. The zero-order valence-corrected chi connectivity index (χ0v) is 7.73. The van der Waals surface area contributed by atoms with Crippen molar-refractivity contribution in [2.45, 2.75) is 18.9 Å². The Hall–Kier alpha value is -1.42. The number of hydrogen-bond donors (Lipinski definition) is 2. The lowest BCUT2D eigenvalue weighted by Crippen LogP contribution is -2.14. The number of carbonyl (C=O) groups is 1. The Morgan fingerprint density at radius 2 is 2.50 bits per heavy atom. The van der Waals surface area contributed by atoms with Crippen molar-refractivity contribution in [3.05, 3.63) is 29.6 Å². The Bertz CT molecular complexity index is 346. The van der Waals surface area contributed by atoms with Crippen LogP contribution in [0.25, 0.3) is 0 Å². The lowest BCUT2D eigenvalue weighted by Gasteiger charge is -2.09. The van der Waals surface area contributed by atoms with Gasteiger partial charge in [0.25, 0.3) is 0 Å². The van der Waals surface area contributed by atoms with Crippen LogP contribution < -0.4 is 5.32 Å². The average Bonchev–Trinajstić information content (AvgIpc) is 2.71. The third kappa shape index (κ3) is 1.75. The van der Waals surface area contributed by atoms with E-state index in [1.54, 1.807) is 12.3 Å². The molecule has 74 valence electrons. The molecule has 4 heteroatoms. The molecular weight excluding hydrogens is 180 g/mol. The number of aromatic carboxylic acids is 1. The molecule has 0 aromatic carbocycles. The minimum Gasteiger partial charge on any atom is -0.478 e. The predicted octanol–water partition coefficient (Wildman–Crippen LogP) is 1.20. The maximum absolute atomic E-state index is 10.7. The van der Waals surface area contributed by atoms with Crippen molar-refractivity contribution in [2.24, 2.45) is 0 Å². The van der Waals surface area contributed by atoms with Crippen LogP contribution >= 0.6 is 0 Å². The summed E-state index contributed by atoms with van der Waals surface area (Å²) < 4.78 is 0. The molecule has 2 heterocycles. The molecule has 1 saturated heterocycles. The first kappa shape index (κ1) is 9.15. The topological polar surface area (TPSA) is 62.2 Å². The summed E-state index contributed by atoms with van der Waals surface area (Å²) in [5, 5.41) is 12.1. The van der Waals surface area contributed by atoms with Gasteiger partial charge in [0.2, 0.25) is 0 Å². The van der Waals surface area contributed by atoms with Crippen LogP contribution in [0.5, 0.6) is 0 Å². The molecule has 0 unspecified atom stereocenters. The lowest BCUT2D eigenvalue weighted by atomic mass is 10.1. The second-order valence-electron chi connectivity index (χ2n) is 3.42. The van der Waals surface area contributed by atoms with Crippen LogP contribution in [0.4, 0.5) is 0 Å². The first-order valence-electron chi connectivity index (χ1n) is 4.70. The summed E-state index contributed by atoms with van der Waals surface area (Å²) in [5.74, 6) is -0.897. The van der Waals surface area contributed by atoms with Crippen LogP contribution in [-0.4, -0.2) is 22.6 Å². The lowest BCUT2D eigenvalue weighted by molar-refractivity contribution is 0.0696.